The quantitative estimate of drug-likeness (QED) is 0.112. The average molecular weight is 1090 g/mol. The van der Waals surface area contributed by atoms with Crippen LogP contribution in [0.25, 0.3) is 5.69 Å². The number of methoxy groups -OCH3 is 1. The molecule has 5 heterocycles. The zero-order chi connectivity index (χ0) is 57.1. The number of aliphatic hydroxyl groups is 5. The molecule has 1 amide bonds. The van der Waals surface area contributed by atoms with Crippen LogP contribution in [-0.2, 0) is 39.6 Å². The van der Waals surface area contributed by atoms with Gasteiger partial charge in [0.05, 0.1) is 59.6 Å². The molecule has 0 spiro atoms. The van der Waals surface area contributed by atoms with Gasteiger partial charge in [0.2, 0.25) is 0 Å². The summed E-state index contributed by atoms with van der Waals surface area (Å²) in [5.41, 5.74) is 3.04. The lowest BCUT2D eigenvalue weighted by Crippen LogP contribution is -2.60. The van der Waals surface area contributed by atoms with Gasteiger partial charge in [-0.05, 0) is 104 Å². The van der Waals surface area contributed by atoms with Crippen LogP contribution in [0.3, 0.4) is 0 Å². The molecule has 23 heteroatoms. The number of nitrogens with two attached hydrogens (primary N) is 1. The monoisotopic (exact) mass is 1090 g/mol. The molecule has 7 N–H and O–H groups in total. The number of nitrogens with zero attached hydrogens (tertiary/aromatic N) is 8. The first-order chi connectivity index (χ1) is 36.0. The van der Waals surface area contributed by atoms with Crippen molar-refractivity contribution in [2.75, 3.05) is 41.0 Å². The molecule has 0 aliphatic carbocycles. The first kappa shape index (κ1) is 62.1. The Balaban J connectivity index is 1.24. The molecule has 22 nitrogen and oxygen atoms in total. The summed E-state index contributed by atoms with van der Waals surface area (Å²) >= 11 is 0. The van der Waals surface area contributed by atoms with Gasteiger partial charge in [-0.3, -0.25) is 9.59 Å². The number of amides is 1. The first-order valence-corrected chi connectivity index (χ1v) is 27.1. The number of rotatable bonds is 16. The van der Waals surface area contributed by atoms with Gasteiger partial charge >= 0.3 is 5.97 Å². The zero-order valence-corrected chi connectivity index (χ0v) is 47.5. The number of esters is 1. The Morgan fingerprint density at radius 2 is 1.64 bits per heavy atom. The number of aromatic nitrogens is 6. The smallest absolute Gasteiger partial charge is 0.311 e. The maximum absolute atomic E-state index is 14.9. The largest absolute Gasteiger partial charge is 0.459 e. The van der Waals surface area contributed by atoms with E-state index in [4.69, 9.17) is 34.2 Å². The number of ether oxygens (including phenoxy) is 6. The third-order valence-corrected chi connectivity index (χ3v) is 16.6. The van der Waals surface area contributed by atoms with Crippen LogP contribution < -0.4 is 5.73 Å². The van der Waals surface area contributed by atoms with Crippen molar-refractivity contribution in [2.45, 2.75) is 205 Å². The fraction of sp³-hybridized carbons (Fsp3) is 0.778. The van der Waals surface area contributed by atoms with E-state index in [9.17, 15) is 39.5 Å². The summed E-state index contributed by atoms with van der Waals surface area (Å²) in [5, 5.41) is 76.2. The average Bonchev–Trinajstić information content (AvgIpc) is 4.07. The van der Waals surface area contributed by atoms with E-state index in [1.54, 1.807) is 65.1 Å². The maximum Gasteiger partial charge on any atom is 0.311 e. The third kappa shape index (κ3) is 14.3. The summed E-state index contributed by atoms with van der Waals surface area (Å²) in [5.74, 6) is -3.52. The number of aliphatic hydroxyl groups excluding tert-OH is 3. The van der Waals surface area contributed by atoms with Crippen LogP contribution in [0.15, 0.2) is 36.7 Å². The number of likely N-dealkylation sites (N-methyl/N-ethyl adjacent to an activating group) is 2. The SMILES string of the molecule is CC[C@H]1OC(=O)[C@H](C)[C@@H](O[C@H]2CC(C)(C)[C@@H](O)[C@H](C)O2)[C@H](C)[C@@H](O[C@@H]2O[C@H](C)C[C@H](N(C)CCc3cn([C@H](CF)[C@H](OC)c4ccc(-n5cc(C(N)=O)nn5)cc4)nn3)[C@H]2O)[C@](C)(O)C[C@@H](C)CN(C)[C@H](C)[C@@H](O)[C@]1(C)O. The number of hydrogen-bond acceptors (Lipinski definition) is 19. The van der Waals surface area contributed by atoms with Crippen molar-refractivity contribution in [2.24, 2.45) is 28.9 Å². The summed E-state index contributed by atoms with van der Waals surface area (Å²) in [6.45, 7) is 19.6. The van der Waals surface area contributed by atoms with Crippen LogP contribution >= 0.6 is 0 Å². The zero-order valence-electron chi connectivity index (χ0n) is 47.5. The molecular weight excluding hydrogens is 1000 g/mol. The molecule has 0 unspecified atom stereocenters. The summed E-state index contributed by atoms with van der Waals surface area (Å²) in [4.78, 5) is 29.9. The highest BCUT2D eigenvalue weighted by molar-refractivity contribution is 5.90. The van der Waals surface area contributed by atoms with E-state index in [1.165, 1.54) is 29.6 Å². The Hall–Kier alpha value is -4.11. The first-order valence-electron chi connectivity index (χ1n) is 27.1. The lowest BCUT2D eigenvalue weighted by molar-refractivity contribution is -0.312. The number of primary amides is 1. The fourth-order valence-corrected chi connectivity index (χ4v) is 11.9. The summed E-state index contributed by atoms with van der Waals surface area (Å²) in [7, 11) is 5.18. The van der Waals surface area contributed by atoms with Crippen molar-refractivity contribution in [3.05, 3.63) is 53.6 Å². The van der Waals surface area contributed by atoms with E-state index >= 15 is 0 Å². The van der Waals surface area contributed by atoms with Gasteiger partial charge in [0.25, 0.3) is 5.91 Å². The Morgan fingerprint density at radius 3 is 2.23 bits per heavy atom. The molecule has 434 valence electrons. The minimum absolute atomic E-state index is 0.0139. The Labute approximate surface area is 452 Å². The molecule has 0 saturated carbocycles. The van der Waals surface area contributed by atoms with Crippen molar-refractivity contribution in [3.63, 3.8) is 0 Å². The van der Waals surface area contributed by atoms with Crippen LogP contribution in [0, 0.1) is 23.2 Å². The van der Waals surface area contributed by atoms with Crippen LogP contribution in [-0.4, -0.2) is 203 Å². The molecule has 0 radical (unpaired) electrons. The van der Waals surface area contributed by atoms with E-state index in [2.05, 4.69) is 20.6 Å². The molecule has 3 aromatic rings. The van der Waals surface area contributed by atoms with Crippen molar-refractivity contribution in [1.29, 1.82) is 0 Å². The highest BCUT2D eigenvalue weighted by Gasteiger charge is 2.52. The highest BCUT2D eigenvalue weighted by Crippen LogP contribution is 2.42. The number of halogens is 1. The standard InChI is InChI=1S/C54H88FN9O13/c1-15-41-54(11,71)46(66)33(6)62(13)26-29(2)23-53(10,70)48(31(4)44(32(5)50(69)75-41)76-42-24-52(8,9)47(67)34(7)74-42)77-51-43(65)39(22-30(3)73-51)61(12)21-20-36-27-64(59-57-36)40(25-55)45(72-14)35-16-18-37(19-17-35)63-28-38(49(56)68)58-60-63/h16-19,27-34,39-48,51,65-67,70-71H,15,20-26H2,1-14H3,(H2,56,68)/t29-,30-,31+,32-,33-,34+,39+,40-,41-,42+,43-,44+,45-,46-,47+,48-,51+,53-,54-/m1/s1. The topological polar surface area (TPSA) is 285 Å². The predicted octanol–water partition coefficient (Wildman–Crippen LogP) is 3.30. The molecule has 19 atom stereocenters. The molecule has 6 rings (SSSR count). The summed E-state index contributed by atoms with van der Waals surface area (Å²) < 4.78 is 56.1. The van der Waals surface area contributed by atoms with Gasteiger partial charge in [-0.15, -0.1) is 10.2 Å². The van der Waals surface area contributed by atoms with E-state index in [0.29, 0.717) is 42.9 Å². The van der Waals surface area contributed by atoms with E-state index in [-0.39, 0.29) is 30.9 Å². The molecule has 3 saturated heterocycles. The second-order valence-electron chi connectivity index (χ2n) is 23.5. The predicted molar refractivity (Wildman–Crippen MR) is 280 cm³/mol. The van der Waals surface area contributed by atoms with E-state index in [0.717, 1.165) is 0 Å². The molecule has 1 aromatic carbocycles. The summed E-state index contributed by atoms with van der Waals surface area (Å²) in [6, 6.07) is 5.03. The number of alkyl halides is 1. The Kier molecular flexibility index (Phi) is 20.6. The Morgan fingerprint density at radius 1 is 0.961 bits per heavy atom. The van der Waals surface area contributed by atoms with Crippen LogP contribution in [0.4, 0.5) is 4.39 Å². The lowest BCUT2D eigenvalue weighted by atomic mass is 9.77. The third-order valence-electron chi connectivity index (χ3n) is 16.6. The maximum atomic E-state index is 14.9. The van der Waals surface area contributed by atoms with Crippen molar-refractivity contribution >= 4 is 11.9 Å². The summed E-state index contributed by atoms with van der Waals surface area (Å²) in [6.07, 6.45) is -6.12. The fourth-order valence-electron chi connectivity index (χ4n) is 11.9. The van der Waals surface area contributed by atoms with Gasteiger partial charge < -0.3 is 69.5 Å². The number of cyclic esters (lactones) is 1. The van der Waals surface area contributed by atoms with E-state index in [1.807, 2.05) is 58.5 Å². The minimum Gasteiger partial charge on any atom is -0.459 e. The lowest BCUT2D eigenvalue weighted by Gasteiger charge is -2.49. The van der Waals surface area contributed by atoms with Crippen molar-refractivity contribution in [1.82, 2.24) is 39.8 Å². The van der Waals surface area contributed by atoms with E-state index < -0.39 is 133 Å². The van der Waals surface area contributed by atoms with Crippen LogP contribution in [0.2, 0.25) is 0 Å². The minimum atomic E-state index is -1.85. The number of carbonyl (C=O) groups excluding carboxylic acids is 2. The van der Waals surface area contributed by atoms with Gasteiger partial charge in [-0.1, -0.05) is 57.2 Å². The number of carbonyl (C=O) groups is 2. The highest BCUT2D eigenvalue weighted by atomic mass is 19.1. The normalized spacial score (nSPS) is 36.9. The van der Waals surface area contributed by atoms with Crippen LogP contribution in [0.5, 0.6) is 0 Å². The molecular formula is C54H88FN9O13. The van der Waals surface area contributed by atoms with Gasteiger partial charge in [-0.25, -0.2) is 13.8 Å². The molecule has 0 bridgehead atoms. The van der Waals surface area contributed by atoms with Gasteiger partial charge in [0.1, 0.15) is 42.7 Å². The molecule has 77 heavy (non-hydrogen) atoms. The molecule has 3 aliphatic rings. The number of benzene rings is 1. The molecule has 3 fully saturated rings. The van der Waals surface area contributed by atoms with Gasteiger partial charge in [-0.2, -0.15) is 0 Å². The van der Waals surface area contributed by atoms with Gasteiger partial charge in [0.15, 0.2) is 18.3 Å². The molecule has 2 aromatic heterocycles. The molecule has 3 aliphatic heterocycles. The second kappa shape index (κ2) is 25.6. The number of hydrogen-bond donors (Lipinski definition) is 6. The van der Waals surface area contributed by atoms with Crippen molar-refractivity contribution in [3.8, 4) is 5.69 Å². The van der Waals surface area contributed by atoms with Crippen molar-refractivity contribution < 1.29 is 67.9 Å². The van der Waals surface area contributed by atoms with Crippen LogP contribution in [0.1, 0.15) is 136 Å². The Bertz CT molecular complexity index is 2370. The second-order valence-corrected chi connectivity index (χ2v) is 23.5. The van der Waals surface area contributed by atoms with Gasteiger partial charge in [0, 0.05) is 57.2 Å².